The van der Waals surface area contributed by atoms with Crippen LogP contribution in [-0.2, 0) is 4.74 Å². The van der Waals surface area contributed by atoms with Gasteiger partial charge in [-0.3, -0.25) is 0 Å². The van der Waals surface area contributed by atoms with E-state index in [1.54, 1.807) is 32.9 Å². The SMILES string of the molecule is CC(C)(C)OC(=O)N/N=C/c1cc(Br)ccc1O. The molecule has 0 heterocycles. The van der Waals surface area contributed by atoms with E-state index in [9.17, 15) is 9.90 Å². The lowest BCUT2D eigenvalue weighted by molar-refractivity contribution is 0.0529. The van der Waals surface area contributed by atoms with Crippen molar-refractivity contribution in [3.63, 3.8) is 0 Å². The number of nitrogens with zero attached hydrogens (tertiary/aromatic N) is 1. The smallest absolute Gasteiger partial charge is 0.428 e. The molecular formula is C12H15BrN2O3. The standard InChI is InChI=1S/C12H15BrN2O3/c1-12(2,3)18-11(17)15-14-7-8-6-9(13)4-5-10(8)16/h4-7,16H,1-3H3,(H,15,17)/b14-7+. The maximum Gasteiger partial charge on any atom is 0.428 e. The Morgan fingerprint density at radius 2 is 2.17 bits per heavy atom. The van der Waals surface area contributed by atoms with Gasteiger partial charge in [0.2, 0.25) is 0 Å². The molecule has 1 rings (SSSR count). The van der Waals surface area contributed by atoms with Gasteiger partial charge >= 0.3 is 6.09 Å². The van der Waals surface area contributed by atoms with E-state index < -0.39 is 11.7 Å². The molecule has 6 heteroatoms. The van der Waals surface area contributed by atoms with E-state index >= 15 is 0 Å². The van der Waals surface area contributed by atoms with Crippen molar-refractivity contribution < 1.29 is 14.6 Å². The molecular weight excluding hydrogens is 300 g/mol. The first-order valence-electron chi connectivity index (χ1n) is 5.28. The third-order valence-corrected chi connectivity index (χ3v) is 2.24. The number of hydrogen-bond acceptors (Lipinski definition) is 4. The molecule has 0 aromatic heterocycles. The van der Waals surface area contributed by atoms with Crippen molar-refractivity contribution in [1.29, 1.82) is 0 Å². The Hall–Kier alpha value is -1.56. The van der Waals surface area contributed by atoms with E-state index in [1.807, 2.05) is 0 Å². The van der Waals surface area contributed by atoms with Crippen LogP contribution in [0.1, 0.15) is 26.3 Å². The zero-order valence-electron chi connectivity index (χ0n) is 10.4. The molecule has 0 unspecified atom stereocenters. The van der Waals surface area contributed by atoms with Gasteiger partial charge in [-0.15, -0.1) is 0 Å². The first kappa shape index (κ1) is 14.5. The summed E-state index contributed by atoms with van der Waals surface area (Å²) in [4.78, 5) is 11.3. The van der Waals surface area contributed by atoms with Gasteiger partial charge in [0, 0.05) is 10.0 Å². The summed E-state index contributed by atoms with van der Waals surface area (Å²) in [5.41, 5.74) is 2.13. The summed E-state index contributed by atoms with van der Waals surface area (Å²) in [5, 5.41) is 13.2. The van der Waals surface area contributed by atoms with Crippen LogP contribution in [0.3, 0.4) is 0 Å². The number of carbonyl (C=O) groups is 1. The van der Waals surface area contributed by atoms with Crippen LogP contribution in [0, 0.1) is 0 Å². The van der Waals surface area contributed by atoms with Crippen molar-refractivity contribution in [1.82, 2.24) is 5.43 Å². The van der Waals surface area contributed by atoms with Crippen LogP contribution in [0.5, 0.6) is 5.75 Å². The number of rotatable bonds is 2. The first-order valence-corrected chi connectivity index (χ1v) is 6.08. The highest BCUT2D eigenvalue weighted by atomic mass is 79.9. The van der Waals surface area contributed by atoms with Gasteiger partial charge < -0.3 is 9.84 Å². The highest BCUT2D eigenvalue weighted by Crippen LogP contribution is 2.19. The molecule has 5 nitrogen and oxygen atoms in total. The molecule has 0 radical (unpaired) electrons. The topological polar surface area (TPSA) is 70.9 Å². The van der Waals surface area contributed by atoms with Gasteiger partial charge in [0.25, 0.3) is 0 Å². The molecule has 2 N–H and O–H groups in total. The zero-order chi connectivity index (χ0) is 13.8. The average Bonchev–Trinajstić information content (AvgIpc) is 2.20. The Kier molecular flexibility index (Phi) is 4.72. The number of halogens is 1. The van der Waals surface area contributed by atoms with Crippen molar-refractivity contribution in [2.75, 3.05) is 0 Å². The molecule has 0 fully saturated rings. The Morgan fingerprint density at radius 1 is 1.50 bits per heavy atom. The van der Waals surface area contributed by atoms with Crippen molar-refractivity contribution in [2.24, 2.45) is 5.10 Å². The lowest BCUT2D eigenvalue weighted by Crippen LogP contribution is -2.29. The van der Waals surface area contributed by atoms with Gasteiger partial charge in [0.15, 0.2) is 0 Å². The summed E-state index contributed by atoms with van der Waals surface area (Å²) >= 11 is 3.27. The van der Waals surface area contributed by atoms with Crippen molar-refractivity contribution >= 4 is 28.2 Å². The minimum atomic E-state index is -0.645. The molecule has 0 aliphatic carbocycles. The van der Waals surface area contributed by atoms with Crippen LogP contribution in [0.25, 0.3) is 0 Å². The number of benzene rings is 1. The van der Waals surface area contributed by atoms with Crippen LogP contribution < -0.4 is 5.43 Å². The molecule has 0 spiro atoms. The number of phenols is 1. The van der Waals surface area contributed by atoms with Gasteiger partial charge in [0.05, 0.1) is 6.21 Å². The third-order valence-electron chi connectivity index (χ3n) is 1.75. The van der Waals surface area contributed by atoms with Crippen LogP contribution in [-0.4, -0.2) is 23.0 Å². The number of phenolic OH excluding ortho intramolecular Hbond substituents is 1. The highest BCUT2D eigenvalue weighted by Gasteiger charge is 2.15. The van der Waals surface area contributed by atoms with Crippen molar-refractivity contribution in [3.8, 4) is 5.75 Å². The fraction of sp³-hybridized carbons (Fsp3) is 0.333. The third kappa shape index (κ3) is 5.18. The van der Waals surface area contributed by atoms with Gasteiger partial charge in [-0.2, -0.15) is 5.10 Å². The largest absolute Gasteiger partial charge is 0.507 e. The number of nitrogens with one attached hydrogen (secondary N) is 1. The molecule has 1 aromatic carbocycles. The molecule has 1 aromatic rings. The second kappa shape index (κ2) is 5.86. The second-order valence-corrected chi connectivity index (χ2v) is 5.49. The molecule has 1 amide bonds. The predicted octanol–water partition coefficient (Wildman–Crippen LogP) is 3.01. The number of aromatic hydroxyl groups is 1. The van der Waals surface area contributed by atoms with Gasteiger partial charge in [-0.05, 0) is 39.0 Å². The quantitative estimate of drug-likeness (QED) is 0.651. The van der Waals surface area contributed by atoms with E-state index in [0.29, 0.717) is 5.56 Å². The van der Waals surface area contributed by atoms with E-state index in [2.05, 4.69) is 26.5 Å². The molecule has 18 heavy (non-hydrogen) atoms. The Bertz CT molecular complexity index is 467. The summed E-state index contributed by atoms with van der Waals surface area (Å²) in [7, 11) is 0. The lowest BCUT2D eigenvalue weighted by Gasteiger charge is -2.18. The number of carbonyl (C=O) groups excluding carboxylic acids is 1. The van der Waals surface area contributed by atoms with E-state index in [-0.39, 0.29) is 5.75 Å². The predicted molar refractivity (Wildman–Crippen MR) is 72.8 cm³/mol. The summed E-state index contributed by atoms with van der Waals surface area (Å²) in [6.45, 7) is 5.28. The van der Waals surface area contributed by atoms with E-state index in [1.165, 1.54) is 12.3 Å². The molecule has 0 aliphatic heterocycles. The van der Waals surface area contributed by atoms with Crippen LogP contribution in [0.2, 0.25) is 0 Å². The minimum absolute atomic E-state index is 0.0768. The van der Waals surface area contributed by atoms with Crippen LogP contribution in [0.4, 0.5) is 4.79 Å². The molecule has 0 atom stereocenters. The van der Waals surface area contributed by atoms with Crippen molar-refractivity contribution in [3.05, 3.63) is 28.2 Å². The summed E-state index contributed by atoms with van der Waals surface area (Å²) in [6, 6.07) is 4.91. The monoisotopic (exact) mass is 314 g/mol. The fourth-order valence-corrected chi connectivity index (χ4v) is 1.46. The average molecular weight is 315 g/mol. The zero-order valence-corrected chi connectivity index (χ0v) is 12.0. The normalized spacial score (nSPS) is 11.6. The molecule has 0 saturated heterocycles. The van der Waals surface area contributed by atoms with Crippen LogP contribution in [0.15, 0.2) is 27.8 Å². The minimum Gasteiger partial charge on any atom is -0.507 e. The van der Waals surface area contributed by atoms with Crippen LogP contribution >= 0.6 is 15.9 Å². The lowest BCUT2D eigenvalue weighted by atomic mass is 10.2. The Labute approximate surface area is 114 Å². The second-order valence-electron chi connectivity index (χ2n) is 4.58. The summed E-state index contributed by atoms with van der Waals surface area (Å²) in [5.74, 6) is 0.0768. The Balaban J connectivity index is 2.60. The van der Waals surface area contributed by atoms with Gasteiger partial charge in [0.1, 0.15) is 11.4 Å². The highest BCUT2D eigenvalue weighted by molar-refractivity contribution is 9.10. The number of ether oxygens (including phenoxy) is 1. The number of amides is 1. The van der Waals surface area contributed by atoms with Crippen molar-refractivity contribution in [2.45, 2.75) is 26.4 Å². The molecule has 0 bridgehead atoms. The van der Waals surface area contributed by atoms with Gasteiger partial charge in [-0.25, -0.2) is 10.2 Å². The van der Waals surface area contributed by atoms with E-state index in [0.717, 1.165) is 4.47 Å². The molecule has 98 valence electrons. The maximum absolute atomic E-state index is 11.3. The maximum atomic E-state index is 11.3. The van der Waals surface area contributed by atoms with E-state index in [4.69, 9.17) is 4.74 Å². The summed E-state index contributed by atoms with van der Waals surface area (Å²) in [6.07, 6.45) is 0.692. The number of hydrogen-bond donors (Lipinski definition) is 2. The first-order chi connectivity index (χ1) is 8.28. The summed E-state index contributed by atoms with van der Waals surface area (Å²) < 4.78 is 5.80. The Morgan fingerprint density at radius 3 is 2.78 bits per heavy atom. The molecule has 0 saturated carbocycles. The molecule has 0 aliphatic rings. The number of hydrazone groups is 1. The fourth-order valence-electron chi connectivity index (χ4n) is 1.08. The van der Waals surface area contributed by atoms with Gasteiger partial charge in [-0.1, -0.05) is 15.9 Å².